The van der Waals surface area contributed by atoms with Crippen molar-refractivity contribution in [2.75, 3.05) is 19.6 Å². The molecule has 0 aromatic carbocycles. The molecule has 0 radical (unpaired) electrons. The first kappa shape index (κ1) is 17.6. The summed E-state index contributed by atoms with van der Waals surface area (Å²) in [5.74, 6) is -1.37. The molecule has 0 spiro atoms. The molecule has 9 heteroatoms. The molecule has 1 atom stereocenters. The lowest BCUT2D eigenvalue weighted by molar-refractivity contribution is -0.214. The maximum Gasteiger partial charge on any atom is 0.392 e. The highest BCUT2D eigenvalue weighted by Crippen LogP contribution is 2.44. The summed E-state index contributed by atoms with van der Waals surface area (Å²) in [6.07, 6.45) is -0.290. The highest BCUT2D eigenvalue weighted by atomic mass is 19.4. The average molecular weight is 333 g/mol. The van der Waals surface area contributed by atoms with Gasteiger partial charge in [0.15, 0.2) is 0 Å². The van der Waals surface area contributed by atoms with Gasteiger partial charge in [-0.3, -0.25) is 4.68 Å². The first-order valence-electron chi connectivity index (χ1n) is 7.64. The Hall–Kier alpha value is -1.80. The SMILES string of the molecule is CC1(C)CN(C(=O)NCCCn2ccnn2)CC[C@@H]1C(F)(F)F. The third-order valence-electron chi connectivity index (χ3n) is 4.22. The van der Waals surface area contributed by atoms with E-state index < -0.39 is 17.5 Å². The summed E-state index contributed by atoms with van der Waals surface area (Å²) >= 11 is 0. The number of likely N-dealkylation sites (tertiary alicyclic amines) is 1. The molecule has 2 amide bonds. The van der Waals surface area contributed by atoms with Crippen molar-refractivity contribution >= 4 is 6.03 Å². The molecule has 0 aliphatic carbocycles. The van der Waals surface area contributed by atoms with Crippen LogP contribution in [0, 0.1) is 11.3 Å². The summed E-state index contributed by atoms with van der Waals surface area (Å²) in [5, 5.41) is 10.2. The fourth-order valence-electron chi connectivity index (χ4n) is 3.04. The van der Waals surface area contributed by atoms with E-state index in [0.717, 1.165) is 0 Å². The second-order valence-corrected chi connectivity index (χ2v) is 6.54. The molecule has 130 valence electrons. The first-order valence-corrected chi connectivity index (χ1v) is 7.64. The molecule has 1 aliphatic rings. The van der Waals surface area contributed by atoms with Crippen molar-refractivity contribution in [2.45, 2.75) is 39.4 Å². The van der Waals surface area contributed by atoms with Gasteiger partial charge in [0.2, 0.25) is 0 Å². The minimum atomic E-state index is -4.22. The van der Waals surface area contributed by atoms with Crippen LogP contribution in [-0.4, -0.2) is 51.7 Å². The lowest BCUT2D eigenvalue weighted by Gasteiger charge is -2.44. The molecular formula is C14H22F3N5O. The topological polar surface area (TPSA) is 63.1 Å². The summed E-state index contributed by atoms with van der Waals surface area (Å²) in [4.78, 5) is 13.6. The summed E-state index contributed by atoms with van der Waals surface area (Å²) in [5.41, 5.74) is -0.978. The number of nitrogens with one attached hydrogen (secondary N) is 1. The average Bonchev–Trinajstić information content (AvgIpc) is 2.93. The Morgan fingerprint density at radius 2 is 2.17 bits per heavy atom. The first-order chi connectivity index (χ1) is 10.7. The molecule has 1 aromatic heterocycles. The molecule has 6 nitrogen and oxygen atoms in total. The minimum absolute atomic E-state index is 0.0527. The van der Waals surface area contributed by atoms with Gasteiger partial charge in [-0.15, -0.1) is 5.10 Å². The normalized spacial score (nSPS) is 21.3. The van der Waals surface area contributed by atoms with E-state index in [-0.39, 0.29) is 25.5 Å². The second kappa shape index (κ2) is 6.76. The van der Waals surface area contributed by atoms with Crippen LogP contribution < -0.4 is 5.32 Å². The monoisotopic (exact) mass is 333 g/mol. The molecule has 1 N–H and O–H groups in total. The zero-order chi connectivity index (χ0) is 17.1. The van der Waals surface area contributed by atoms with Crippen LogP contribution in [0.25, 0.3) is 0 Å². The number of aromatic nitrogens is 3. The predicted molar refractivity (Wildman–Crippen MR) is 77.6 cm³/mol. The van der Waals surface area contributed by atoms with E-state index in [1.165, 1.54) is 4.90 Å². The van der Waals surface area contributed by atoms with Crippen LogP contribution in [0.15, 0.2) is 12.4 Å². The number of amides is 2. The number of hydrogen-bond donors (Lipinski definition) is 1. The van der Waals surface area contributed by atoms with E-state index >= 15 is 0 Å². The van der Waals surface area contributed by atoms with E-state index in [0.29, 0.717) is 19.5 Å². The van der Waals surface area contributed by atoms with Crippen molar-refractivity contribution in [2.24, 2.45) is 11.3 Å². The zero-order valence-corrected chi connectivity index (χ0v) is 13.3. The van der Waals surface area contributed by atoms with Crippen LogP contribution in [0.3, 0.4) is 0 Å². The molecule has 1 fully saturated rings. The van der Waals surface area contributed by atoms with Crippen molar-refractivity contribution in [1.82, 2.24) is 25.2 Å². The molecule has 1 aliphatic heterocycles. The molecule has 0 unspecified atom stereocenters. The van der Waals surface area contributed by atoms with E-state index in [2.05, 4.69) is 15.6 Å². The molecular weight excluding hydrogens is 311 g/mol. The lowest BCUT2D eigenvalue weighted by Crippen LogP contribution is -2.54. The summed E-state index contributed by atoms with van der Waals surface area (Å²) in [6, 6.07) is -0.308. The van der Waals surface area contributed by atoms with Crippen molar-refractivity contribution in [3.63, 3.8) is 0 Å². The highest BCUT2D eigenvalue weighted by Gasteiger charge is 2.51. The van der Waals surface area contributed by atoms with Crippen LogP contribution in [0.1, 0.15) is 26.7 Å². The summed E-state index contributed by atoms with van der Waals surface area (Å²) < 4.78 is 40.7. The van der Waals surface area contributed by atoms with Crippen LogP contribution in [-0.2, 0) is 6.54 Å². The second-order valence-electron chi connectivity index (χ2n) is 6.54. The van der Waals surface area contributed by atoms with E-state index in [4.69, 9.17) is 0 Å². The van der Waals surface area contributed by atoms with Crippen molar-refractivity contribution in [3.05, 3.63) is 12.4 Å². The van der Waals surface area contributed by atoms with Gasteiger partial charge in [0.05, 0.1) is 12.1 Å². The van der Waals surface area contributed by atoms with Crippen molar-refractivity contribution < 1.29 is 18.0 Å². The Bertz CT molecular complexity index is 515. The van der Waals surface area contributed by atoms with Crippen LogP contribution in [0.5, 0.6) is 0 Å². The van der Waals surface area contributed by atoms with Gasteiger partial charge in [0, 0.05) is 32.4 Å². The minimum Gasteiger partial charge on any atom is -0.338 e. The number of nitrogens with zero attached hydrogens (tertiary/aromatic N) is 4. The van der Waals surface area contributed by atoms with E-state index in [1.54, 1.807) is 30.9 Å². The molecule has 0 saturated carbocycles. The number of hydrogen-bond acceptors (Lipinski definition) is 3. The molecule has 2 rings (SSSR count). The third kappa shape index (κ3) is 4.59. The Morgan fingerprint density at radius 3 is 2.74 bits per heavy atom. The Labute approximate surface area is 133 Å². The maximum atomic E-state index is 13.0. The summed E-state index contributed by atoms with van der Waals surface area (Å²) in [7, 11) is 0. The van der Waals surface area contributed by atoms with Crippen LogP contribution in [0.2, 0.25) is 0 Å². The van der Waals surface area contributed by atoms with Gasteiger partial charge < -0.3 is 10.2 Å². The van der Waals surface area contributed by atoms with Crippen LogP contribution >= 0.6 is 0 Å². The molecule has 1 saturated heterocycles. The summed E-state index contributed by atoms with van der Waals surface area (Å²) in [6.45, 7) is 4.43. The van der Waals surface area contributed by atoms with Crippen molar-refractivity contribution in [3.8, 4) is 0 Å². The smallest absolute Gasteiger partial charge is 0.338 e. The number of rotatable bonds is 4. The number of alkyl halides is 3. The maximum absolute atomic E-state index is 13.0. The van der Waals surface area contributed by atoms with Gasteiger partial charge in [-0.05, 0) is 18.3 Å². The highest BCUT2D eigenvalue weighted by molar-refractivity contribution is 5.74. The number of piperidine rings is 1. The largest absolute Gasteiger partial charge is 0.392 e. The van der Waals surface area contributed by atoms with E-state index in [9.17, 15) is 18.0 Å². The molecule has 0 bridgehead atoms. The Balaban J connectivity index is 1.77. The Morgan fingerprint density at radius 1 is 1.43 bits per heavy atom. The van der Waals surface area contributed by atoms with Gasteiger partial charge >= 0.3 is 12.2 Å². The molecule has 2 heterocycles. The fraction of sp³-hybridized carbons (Fsp3) is 0.786. The predicted octanol–water partition coefficient (Wildman–Crippen LogP) is 2.29. The molecule has 23 heavy (non-hydrogen) atoms. The number of aryl methyl sites for hydroxylation is 1. The van der Waals surface area contributed by atoms with Crippen molar-refractivity contribution in [1.29, 1.82) is 0 Å². The van der Waals surface area contributed by atoms with Gasteiger partial charge in [-0.1, -0.05) is 19.1 Å². The lowest BCUT2D eigenvalue weighted by atomic mass is 9.73. The quantitative estimate of drug-likeness (QED) is 0.860. The standard InChI is InChI=1S/C14H22F3N5O/c1-13(2)10-21(8-4-11(13)14(15,16)17)12(23)18-5-3-7-22-9-6-19-20-22/h6,9,11H,3-5,7-8,10H2,1-2H3,(H,18,23)/t11-/m0/s1. The zero-order valence-electron chi connectivity index (χ0n) is 13.3. The number of halogens is 3. The van der Waals surface area contributed by atoms with Gasteiger partial charge in [-0.25, -0.2) is 4.79 Å². The van der Waals surface area contributed by atoms with Gasteiger partial charge in [-0.2, -0.15) is 13.2 Å². The fourth-order valence-corrected chi connectivity index (χ4v) is 3.04. The Kier molecular flexibility index (Phi) is 5.16. The molecule has 1 aromatic rings. The number of carbonyl (C=O) groups is 1. The van der Waals surface area contributed by atoms with Crippen LogP contribution in [0.4, 0.5) is 18.0 Å². The number of urea groups is 1. The van der Waals surface area contributed by atoms with Gasteiger partial charge in [0.1, 0.15) is 0 Å². The van der Waals surface area contributed by atoms with Gasteiger partial charge in [0.25, 0.3) is 0 Å². The van der Waals surface area contributed by atoms with E-state index in [1.807, 2.05) is 0 Å². The number of carbonyl (C=O) groups excluding carboxylic acids is 1. The third-order valence-corrected chi connectivity index (χ3v) is 4.22.